The molecule has 0 aliphatic rings. The van der Waals surface area contributed by atoms with Gasteiger partial charge in [0.2, 0.25) is 0 Å². The summed E-state index contributed by atoms with van der Waals surface area (Å²) in [5.41, 5.74) is 2.44. The molecule has 0 atom stereocenters. The van der Waals surface area contributed by atoms with Gasteiger partial charge in [0.25, 0.3) is 0 Å². The van der Waals surface area contributed by atoms with Crippen LogP contribution in [0.1, 0.15) is 28.5 Å². The fourth-order valence-corrected chi connectivity index (χ4v) is 2.33. The van der Waals surface area contributed by atoms with Crippen molar-refractivity contribution in [2.75, 3.05) is 6.61 Å². The Morgan fingerprint density at radius 2 is 2.15 bits per heavy atom. The Hall–Kier alpha value is -1.76. The first kappa shape index (κ1) is 14.6. The average Bonchev–Trinajstić information content (AvgIpc) is 2.85. The number of nitrogens with one attached hydrogen (secondary N) is 1. The van der Waals surface area contributed by atoms with Crippen LogP contribution < -0.4 is 0 Å². The van der Waals surface area contributed by atoms with E-state index in [1.165, 1.54) is 6.07 Å². The number of nitrogens with zero attached hydrogens (tertiary/aromatic N) is 2. The lowest BCUT2D eigenvalue weighted by Crippen LogP contribution is -2.07. The van der Waals surface area contributed by atoms with Gasteiger partial charge in [0.05, 0.1) is 11.1 Å². The second-order valence-electron chi connectivity index (χ2n) is 4.23. The number of esters is 1. The molecular formula is C13H13BrFN3O2. The molecule has 0 aliphatic heterocycles. The third-order valence-electron chi connectivity index (χ3n) is 2.90. The molecular weight excluding hydrogens is 329 g/mol. The Bertz CT molecular complexity index is 670. The molecule has 0 bridgehead atoms. The van der Waals surface area contributed by atoms with Crippen LogP contribution in [0, 0.1) is 19.7 Å². The van der Waals surface area contributed by atoms with Crippen molar-refractivity contribution in [1.29, 1.82) is 0 Å². The van der Waals surface area contributed by atoms with Crippen LogP contribution in [0.5, 0.6) is 0 Å². The summed E-state index contributed by atoms with van der Waals surface area (Å²) in [6, 6.07) is 1.38. The summed E-state index contributed by atoms with van der Waals surface area (Å²) in [6.45, 7) is 5.46. The molecule has 0 unspecified atom stereocenters. The van der Waals surface area contributed by atoms with E-state index in [-0.39, 0.29) is 18.1 Å². The van der Waals surface area contributed by atoms with Crippen LogP contribution in [-0.4, -0.2) is 28.0 Å². The summed E-state index contributed by atoms with van der Waals surface area (Å²) in [5.74, 6) is -0.916. The number of halogens is 2. The topological polar surface area (TPSA) is 67.9 Å². The number of carbonyl (C=O) groups is 1. The molecule has 20 heavy (non-hydrogen) atoms. The highest BCUT2D eigenvalue weighted by Crippen LogP contribution is 2.34. The molecule has 1 heterocycles. The van der Waals surface area contributed by atoms with Gasteiger partial charge in [-0.05, 0) is 53.9 Å². The molecule has 0 radical (unpaired) electrons. The van der Waals surface area contributed by atoms with Gasteiger partial charge in [-0.15, -0.1) is 5.10 Å². The predicted molar refractivity (Wildman–Crippen MR) is 74.9 cm³/mol. The molecule has 5 nitrogen and oxygen atoms in total. The number of aryl methyl sites for hydroxylation is 1. The zero-order chi connectivity index (χ0) is 14.9. The number of aromatic nitrogens is 3. The molecule has 1 N–H and O–H groups in total. The van der Waals surface area contributed by atoms with Crippen molar-refractivity contribution < 1.29 is 13.9 Å². The minimum absolute atomic E-state index is 0.0940. The van der Waals surface area contributed by atoms with Gasteiger partial charge in [0.15, 0.2) is 5.69 Å². The van der Waals surface area contributed by atoms with Gasteiger partial charge in [0, 0.05) is 5.56 Å². The number of ether oxygens (including phenoxy) is 1. The van der Waals surface area contributed by atoms with Crippen molar-refractivity contribution in [2.45, 2.75) is 20.8 Å². The number of H-pyrrole nitrogens is 1. The second-order valence-corrected chi connectivity index (χ2v) is 5.02. The number of aromatic amines is 1. The quantitative estimate of drug-likeness (QED) is 0.870. The summed E-state index contributed by atoms with van der Waals surface area (Å²) in [7, 11) is 0. The molecule has 2 aromatic rings. The molecule has 1 aromatic heterocycles. The van der Waals surface area contributed by atoms with Crippen LogP contribution >= 0.6 is 15.9 Å². The van der Waals surface area contributed by atoms with Gasteiger partial charge in [-0.3, -0.25) is 0 Å². The van der Waals surface area contributed by atoms with Crippen molar-refractivity contribution >= 4 is 21.9 Å². The Morgan fingerprint density at radius 1 is 1.45 bits per heavy atom. The van der Waals surface area contributed by atoms with Crippen molar-refractivity contribution in [3.8, 4) is 11.3 Å². The summed E-state index contributed by atoms with van der Waals surface area (Å²) < 4.78 is 18.9. The molecule has 7 heteroatoms. The number of carbonyl (C=O) groups excluding carboxylic acids is 1. The van der Waals surface area contributed by atoms with Gasteiger partial charge in [-0.1, -0.05) is 0 Å². The third-order valence-corrected chi connectivity index (χ3v) is 3.88. The van der Waals surface area contributed by atoms with E-state index in [1.807, 2.05) is 0 Å². The number of rotatable bonds is 3. The Kier molecular flexibility index (Phi) is 4.17. The number of benzene rings is 1. The number of hydrogen-bond acceptors (Lipinski definition) is 4. The van der Waals surface area contributed by atoms with E-state index in [0.717, 1.165) is 0 Å². The van der Waals surface area contributed by atoms with Crippen LogP contribution in [0.2, 0.25) is 0 Å². The third kappa shape index (κ3) is 2.45. The minimum Gasteiger partial charge on any atom is -0.461 e. The van der Waals surface area contributed by atoms with Crippen LogP contribution in [-0.2, 0) is 4.74 Å². The summed E-state index contributed by atoms with van der Waals surface area (Å²) in [6.07, 6.45) is 0. The SMILES string of the molecule is CCOC(=O)c1n[nH]nc1-c1c(C)cc(F)c(Br)c1C. The van der Waals surface area contributed by atoms with Crippen LogP contribution in [0.15, 0.2) is 10.5 Å². The maximum Gasteiger partial charge on any atom is 0.361 e. The van der Waals surface area contributed by atoms with Gasteiger partial charge >= 0.3 is 5.97 Å². The molecule has 0 spiro atoms. The van der Waals surface area contributed by atoms with Crippen molar-refractivity contribution in [3.63, 3.8) is 0 Å². The van der Waals surface area contributed by atoms with Gasteiger partial charge in [0.1, 0.15) is 11.5 Å². The van der Waals surface area contributed by atoms with E-state index in [9.17, 15) is 9.18 Å². The minimum atomic E-state index is -0.560. The van der Waals surface area contributed by atoms with Crippen LogP contribution in [0.25, 0.3) is 11.3 Å². The van der Waals surface area contributed by atoms with Crippen LogP contribution in [0.3, 0.4) is 0 Å². The lowest BCUT2D eigenvalue weighted by atomic mass is 9.98. The van der Waals surface area contributed by atoms with E-state index in [4.69, 9.17) is 4.74 Å². The van der Waals surface area contributed by atoms with E-state index in [2.05, 4.69) is 31.3 Å². The predicted octanol–water partition coefficient (Wildman–Crippen LogP) is 3.17. The Balaban J connectivity index is 2.62. The molecule has 0 amide bonds. The van der Waals surface area contributed by atoms with Crippen molar-refractivity contribution in [1.82, 2.24) is 15.4 Å². The van der Waals surface area contributed by atoms with E-state index in [1.54, 1.807) is 20.8 Å². The highest BCUT2D eigenvalue weighted by Gasteiger charge is 2.23. The van der Waals surface area contributed by atoms with Gasteiger partial charge in [-0.2, -0.15) is 10.3 Å². The number of hydrogen-bond donors (Lipinski definition) is 1. The van der Waals surface area contributed by atoms with Crippen molar-refractivity contribution in [2.24, 2.45) is 0 Å². The maximum atomic E-state index is 13.7. The first-order chi connectivity index (χ1) is 9.47. The smallest absolute Gasteiger partial charge is 0.361 e. The highest BCUT2D eigenvalue weighted by atomic mass is 79.9. The molecule has 1 aromatic carbocycles. The molecule has 0 fully saturated rings. The fourth-order valence-electron chi connectivity index (χ4n) is 2.02. The van der Waals surface area contributed by atoms with Gasteiger partial charge < -0.3 is 4.74 Å². The lowest BCUT2D eigenvalue weighted by Gasteiger charge is -2.11. The average molecular weight is 342 g/mol. The molecule has 106 valence electrons. The molecule has 2 rings (SSSR count). The molecule has 0 saturated heterocycles. The Labute approximate surface area is 123 Å². The molecule has 0 aliphatic carbocycles. The normalized spacial score (nSPS) is 10.7. The molecule has 0 saturated carbocycles. The fraction of sp³-hybridized carbons (Fsp3) is 0.308. The standard InChI is InChI=1S/C13H13BrFN3O2/c1-4-20-13(19)12-11(16-18-17-12)9-6(2)5-8(15)10(14)7(9)3/h5H,4H2,1-3H3,(H,16,17,18). The summed E-state index contributed by atoms with van der Waals surface area (Å²) in [5, 5.41) is 10.2. The first-order valence-corrected chi connectivity index (χ1v) is 6.80. The van der Waals surface area contributed by atoms with E-state index in [0.29, 0.717) is 26.9 Å². The van der Waals surface area contributed by atoms with E-state index < -0.39 is 5.97 Å². The highest BCUT2D eigenvalue weighted by molar-refractivity contribution is 9.10. The lowest BCUT2D eigenvalue weighted by molar-refractivity contribution is 0.0520. The Morgan fingerprint density at radius 3 is 2.80 bits per heavy atom. The summed E-state index contributed by atoms with van der Waals surface area (Å²) >= 11 is 3.19. The zero-order valence-electron chi connectivity index (χ0n) is 11.3. The summed E-state index contributed by atoms with van der Waals surface area (Å²) in [4.78, 5) is 11.8. The monoisotopic (exact) mass is 341 g/mol. The first-order valence-electron chi connectivity index (χ1n) is 6.00. The second kappa shape index (κ2) is 5.70. The zero-order valence-corrected chi connectivity index (χ0v) is 12.8. The van der Waals surface area contributed by atoms with E-state index >= 15 is 0 Å². The van der Waals surface area contributed by atoms with Gasteiger partial charge in [-0.25, -0.2) is 9.18 Å². The van der Waals surface area contributed by atoms with Crippen molar-refractivity contribution in [3.05, 3.63) is 33.2 Å². The van der Waals surface area contributed by atoms with Crippen LogP contribution in [0.4, 0.5) is 4.39 Å². The maximum absolute atomic E-state index is 13.7. The largest absolute Gasteiger partial charge is 0.461 e.